The predicted octanol–water partition coefficient (Wildman–Crippen LogP) is 5.54. The number of sulfonamides is 1. The molecule has 0 aromatic heterocycles. The second-order valence-electron chi connectivity index (χ2n) is 9.90. The van der Waals surface area contributed by atoms with Crippen molar-refractivity contribution in [2.75, 3.05) is 6.54 Å². The molecular weight excluding hydrogens is 494 g/mol. The number of aryl methyl sites for hydroxylation is 1. The summed E-state index contributed by atoms with van der Waals surface area (Å²) in [5.41, 5.74) is 7.78. The van der Waals surface area contributed by atoms with Gasteiger partial charge in [0.2, 0.25) is 15.9 Å². The van der Waals surface area contributed by atoms with Gasteiger partial charge in [-0.05, 0) is 68.2 Å². The number of hydrogen-bond donors (Lipinski definition) is 1. The first-order valence-electron chi connectivity index (χ1n) is 12.5. The average molecular weight is 527 g/mol. The maximum Gasteiger partial charge on any atom is 0.243 e. The third kappa shape index (κ3) is 6.25. The quantitative estimate of drug-likeness (QED) is 0.398. The fourth-order valence-electron chi connectivity index (χ4n) is 5.28. The highest BCUT2D eigenvalue weighted by molar-refractivity contribution is 7.89. The van der Waals surface area contributed by atoms with E-state index < -0.39 is 27.6 Å². The van der Waals surface area contributed by atoms with Crippen LogP contribution in [0.4, 0.5) is 8.78 Å². The zero-order valence-electron chi connectivity index (χ0n) is 20.8. The Morgan fingerprint density at radius 3 is 2.22 bits per heavy atom. The lowest BCUT2D eigenvalue weighted by atomic mass is 9.73. The minimum Gasteiger partial charge on any atom is -0.369 e. The van der Waals surface area contributed by atoms with Crippen molar-refractivity contribution in [2.45, 2.75) is 50.0 Å². The highest BCUT2D eigenvalue weighted by Gasteiger charge is 2.35. The second-order valence-corrected chi connectivity index (χ2v) is 11.8. The number of halogens is 2. The second kappa shape index (κ2) is 11.5. The molecule has 1 saturated carbocycles. The zero-order valence-corrected chi connectivity index (χ0v) is 21.6. The highest BCUT2D eigenvalue weighted by atomic mass is 32.2. The van der Waals surface area contributed by atoms with E-state index in [1.807, 2.05) is 31.2 Å². The molecule has 1 amide bonds. The van der Waals surface area contributed by atoms with Crippen LogP contribution in [0, 0.1) is 30.4 Å². The van der Waals surface area contributed by atoms with E-state index in [2.05, 4.69) is 0 Å². The van der Waals surface area contributed by atoms with Crippen LogP contribution >= 0.6 is 0 Å². The number of rotatable bonds is 9. The van der Waals surface area contributed by atoms with Gasteiger partial charge in [-0.25, -0.2) is 17.2 Å². The first kappa shape index (κ1) is 26.9. The molecule has 1 aliphatic carbocycles. The molecule has 196 valence electrons. The van der Waals surface area contributed by atoms with Crippen molar-refractivity contribution >= 4 is 15.9 Å². The van der Waals surface area contributed by atoms with Gasteiger partial charge in [0, 0.05) is 18.7 Å². The number of benzene rings is 3. The number of nitrogens with zero attached hydrogens (tertiary/aromatic N) is 1. The molecule has 1 atom stereocenters. The Balaban J connectivity index is 1.53. The summed E-state index contributed by atoms with van der Waals surface area (Å²) >= 11 is 0. The molecule has 0 radical (unpaired) electrons. The highest BCUT2D eigenvalue weighted by Crippen LogP contribution is 2.39. The molecule has 5 nitrogen and oxygen atoms in total. The Kier molecular flexibility index (Phi) is 8.39. The number of carbonyl (C=O) groups excluding carboxylic acids is 1. The first-order chi connectivity index (χ1) is 17.7. The van der Waals surface area contributed by atoms with Crippen LogP contribution in [0.1, 0.15) is 48.3 Å². The van der Waals surface area contributed by atoms with Crippen molar-refractivity contribution in [1.29, 1.82) is 0 Å². The van der Waals surface area contributed by atoms with E-state index in [4.69, 9.17) is 5.73 Å². The molecule has 0 aliphatic heterocycles. The molecule has 1 fully saturated rings. The van der Waals surface area contributed by atoms with Crippen LogP contribution in [0.2, 0.25) is 0 Å². The van der Waals surface area contributed by atoms with Crippen LogP contribution in [-0.4, -0.2) is 25.2 Å². The molecule has 3 aromatic rings. The zero-order chi connectivity index (χ0) is 26.6. The summed E-state index contributed by atoms with van der Waals surface area (Å²) in [6, 6.07) is 19.6. The fraction of sp³-hybridized carbons (Fsp3) is 0.345. The summed E-state index contributed by atoms with van der Waals surface area (Å²) in [5, 5.41) is 0. The summed E-state index contributed by atoms with van der Waals surface area (Å²) < 4.78 is 56.7. The maximum atomic E-state index is 14.5. The van der Waals surface area contributed by atoms with Crippen molar-refractivity contribution in [3.8, 4) is 0 Å². The Morgan fingerprint density at radius 1 is 0.946 bits per heavy atom. The van der Waals surface area contributed by atoms with Gasteiger partial charge in [-0.3, -0.25) is 4.79 Å². The van der Waals surface area contributed by atoms with Crippen LogP contribution in [0.5, 0.6) is 0 Å². The lowest BCUT2D eigenvalue weighted by Gasteiger charge is -2.35. The normalized spacial score (nSPS) is 19.0. The van der Waals surface area contributed by atoms with Crippen LogP contribution in [0.3, 0.4) is 0 Å². The molecule has 2 N–H and O–H groups in total. The van der Waals surface area contributed by atoms with Gasteiger partial charge >= 0.3 is 0 Å². The number of nitrogens with two attached hydrogens (primary N) is 1. The van der Waals surface area contributed by atoms with Gasteiger partial charge in [0.15, 0.2) is 11.6 Å². The number of amides is 1. The molecule has 1 aliphatic rings. The van der Waals surface area contributed by atoms with Gasteiger partial charge in [0.1, 0.15) is 0 Å². The van der Waals surface area contributed by atoms with Gasteiger partial charge in [0.25, 0.3) is 0 Å². The van der Waals surface area contributed by atoms with E-state index in [1.54, 1.807) is 18.2 Å². The molecular formula is C29H32F2N2O3S. The fourth-order valence-corrected chi connectivity index (χ4v) is 6.80. The minimum absolute atomic E-state index is 0.0119. The van der Waals surface area contributed by atoms with Gasteiger partial charge in [-0.15, -0.1) is 0 Å². The largest absolute Gasteiger partial charge is 0.369 e. The van der Waals surface area contributed by atoms with Crippen molar-refractivity contribution in [1.82, 2.24) is 4.31 Å². The van der Waals surface area contributed by atoms with E-state index in [0.717, 1.165) is 30.0 Å². The minimum atomic E-state index is -3.95. The van der Waals surface area contributed by atoms with Gasteiger partial charge in [0.05, 0.1) is 10.8 Å². The number of carbonyl (C=O) groups is 1. The monoisotopic (exact) mass is 526 g/mol. The third-order valence-corrected chi connectivity index (χ3v) is 9.15. The van der Waals surface area contributed by atoms with Gasteiger partial charge in [-0.1, -0.05) is 60.2 Å². The van der Waals surface area contributed by atoms with Crippen molar-refractivity contribution < 1.29 is 22.0 Å². The van der Waals surface area contributed by atoms with E-state index in [-0.39, 0.29) is 41.3 Å². The molecule has 37 heavy (non-hydrogen) atoms. The summed E-state index contributed by atoms with van der Waals surface area (Å²) in [5.74, 6) is -2.73. The van der Waals surface area contributed by atoms with Crippen LogP contribution in [-0.2, 0) is 21.4 Å². The van der Waals surface area contributed by atoms with Crippen molar-refractivity contribution in [3.05, 3.63) is 101 Å². The SMILES string of the molecule is Cc1ccc(C(C(N)=O)C2CCC(CN(Cc3cccc(F)c3F)S(=O)(=O)c3ccccc3)CC2)cc1. The molecule has 0 bridgehead atoms. The van der Waals surface area contributed by atoms with E-state index in [0.29, 0.717) is 12.8 Å². The first-order valence-corrected chi connectivity index (χ1v) is 13.9. The smallest absolute Gasteiger partial charge is 0.243 e. The topological polar surface area (TPSA) is 80.5 Å². The van der Waals surface area contributed by atoms with Gasteiger partial charge in [-0.2, -0.15) is 4.31 Å². The Bertz CT molecular complexity index is 1320. The molecule has 1 unspecified atom stereocenters. The molecule has 4 rings (SSSR count). The Morgan fingerprint density at radius 2 is 1.59 bits per heavy atom. The lowest BCUT2D eigenvalue weighted by Crippen LogP contribution is -2.37. The number of primary amides is 1. The maximum absolute atomic E-state index is 14.5. The lowest BCUT2D eigenvalue weighted by molar-refractivity contribution is -0.121. The van der Waals surface area contributed by atoms with Gasteiger partial charge < -0.3 is 5.73 Å². The summed E-state index contributed by atoms with van der Waals surface area (Å²) in [7, 11) is -3.95. The van der Waals surface area contributed by atoms with Crippen LogP contribution < -0.4 is 5.73 Å². The van der Waals surface area contributed by atoms with Crippen LogP contribution in [0.15, 0.2) is 77.7 Å². The van der Waals surface area contributed by atoms with Crippen molar-refractivity contribution in [3.63, 3.8) is 0 Å². The summed E-state index contributed by atoms with van der Waals surface area (Å²) in [6.45, 7) is 1.89. The molecule has 0 saturated heterocycles. The molecule has 8 heteroatoms. The van der Waals surface area contributed by atoms with E-state index in [9.17, 15) is 22.0 Å². The Labute approximate surface area is 217 Å². The van der Waals surface area contributed by atoms with Crippen molar-refractivity contribution in [2.24, 2.45) is 17.6 Å². The molecule has 0 spiro atoms. The standard InChI is InChI=1S/C29H32F2N2O3S/c1-20-10-14-22(15-11-20)27(29(32)34)23-16-12-21(13-17-23)18-33(19-24-6-5-9-26(30)28(24)31)37(35,36)25-7-3-2-4-8-25/h2-11,14-15,21,23,27H,12-13,16-19H2,1H3,(H2,32,34). The summed E-state index contributed by atoms with van der Waals surface area (Å²) in [4.78, 5) is 12.5. The Hall–Kier alpha value is -3.10. The van der Waals surface area contributed by atoms with Crippen LogP contribution in [0.25, 0.3) is 0 Å². The van der Waals surface area contributed by atoms with E-state index >= 15 is 0 Å². The molecule has 0 heterocycles. The third-order valence-electron chi connectivity index (χ3n) is 7.33. The van der Waals surface area contributed by atoms with E-state index in [1.165, 1.54) is 28.6 Å². The average Bonchev–Trinajstić information content (AvgIpc) is 2.89. The predicted molar refractivity (Wildman–Crippen MR) is 139 cm³/mol. The molecule has 3 aromatic carbocycles. The summed E-state index contributed by atoms with van der Waals surface area (Å²) in [6.07, 6.45) is 2.85. The number of hydrogen-bond acceptors (Lipinski definition) is 3.